The first-order valence-electron chi connectivity index (χ1n) is 18.1. The molecule has 0 bridgehead atoms. The van der Waals surface area contributed by atoms with E-state index in [1.54, 1.807) is 141 Å². The van der Waals surface area contributed by atoms with Gasteiger partial charge in [0.05, 0.1) is 41.1 Å². The summed E-state index contributed by atoms with van der Waals surface area (Å²) in [7, 11) is 1.55. The van der Waals surface area contributed by atoms with Gasteiger partial charge in [0.15, 0.2) is 24.1 Å². The van der Waals surface area contributed by atoms with Gasteiger partial charge in [0.25, 0.3) is 0 Å². The number of pyridine rings is 1. The Morgan fingerprint density at radius 2 is 1.31 bits per heavy atom. The van der Waals surface area contributed by atoms with E-state index in [1.807, 2.05) is 0 Å². The Hall–Kier alpha value is -7.58. The van der Waals surface area contributed by atoms with E-state index >= 15 is 0 Å². The number of methoxy groups -OCH3 is 1. The highest BCUT2D eigenvalue weighted by atomic mass is 16.7. The number of aromatic nitrogens is 3. The van der Waals surface area contributed by atoms with Crippen LogP contribution in [-0.2, 0) is 18.9 Å². The van der Waals surface area contributed by atoms with Crippen LogP contribution >= 0.6 is 0 Å². The molecule has 0 amide bonds. The molecule has 4 heterocycles. The lowest BCUT2D eigenvalue weighted by Crippen LogP contribution is -2.42. The molecule has 0 radical (unpaired) electrons. The molecule has 8 rings (SSSR count). The van der Waals surface area contributed by atoms with Crippen molar-refractivity contribution in [1.29, 1.82) is 0 Å². The van der Waals surface area contributed by atoms with Gasteiger partial charge in [0, 0.05) is 11.1 Å². The third kappa shape index (κ3) is 7.51. The highest BCUT2D eigenvalue weighted by Gasteiger charge is 2.52. The Bertz CT molecular complexity index is 2640. The number of fused-ring (bicyclic) bond motifs is 1. The molecule has 1 saturated heterocycles. The van der Waals surface area contributed by atoms with Crippen molar-refractivity contribution >= 4 is 34.8 Å². The summed E-state index contributed by atoms with van der Waals surface area (Å²) >= 11 is 0. The maximum atomic E-state index is 14.3. The minimum absolute atomic E-state index is 0.0157. The number of rotatable bonds is 11. The van der Waals surface area contributed by atoms with Crippen LogP contribution in [0.3, 0.4) is 0 Å². The molecule has 7 aromatic rings. The maximum absolute atomic E-state index is 14.3. The molecule has 14 nitrogen and oxygen atoms in total. The topological polar surface area (TPSA) is 184 Å². The molecular formula is C44H34N4O10. The van der Waals surface area contributed by atoms with Gasteiger partial charge in [-0.05, 0) is 78.9 Å². The van der Waals surface area contributed by atoms with Crippen LogP contribution in [0.2, 0.25) is 0 Å². The first kappa shape index (κ1) is 37.3. The van der Waals surface area contributed by atoms with Crippen LogP contribution in [0.15, 0.2) is 149 Å². The van der Waals surface area contributed by atoms with E-state index in [-0.39, 0.29) is 33.5 Å². The Kier molecular flexibility index (Phi) is 10.5. The summed E-state index contributed by atoms with van der Waals surface area (Å²) in [5, 5.41) is 0.223. The predicted octanol–water partition coefficient (Wildman–Crippen LogP) is 6.51. The van der Waals surface area contributed by atoms with Crippen molar-refractivity contribution in [3.63, 3.8) is 0 Å². The second-order valence-corrected chi connectivity index (χ2v) is 13.1. The van der Waals surface area contributed by atoms with Gasteiger partial charge >= 0.3 is 23.6 Å². The number of nitrogen functional groups attached to an aromatic ring is 1. The van der Waals surface area contributed by atoms with E-state index in [4.69, 9.17) is 38.8 Å². The van der Waals surface area contributed by atoms with Crippen molar-refractivity contribution in [2.45, 2.75) is 24.5 Å². The van der Waals surface area contributed by atoms with Gasteiger partial charge < -0.3 is 33.8 Å². The fourth-order valence-corrected chi connectivity index (χ4v) is 6.69. The third-order valence-electron chi connectivity index (χ3n) is 9.51. The minimum Gasteiger partial charge on any atom is -0.497 e. The smallest absolute Gasteiger partial charge is 0.353 e. The molecule has 0 aliphatic carbocycles. The van der Waals surface area contributed by atoms with E-state index in [9.17, 15) is 19.2 Å². The average Bonchev–Trinajstić information content (AvgIpc) is 3.92. The monoisotopic (exact) mass is 778 g/mol. The zero-order chi connectivity index (χ0) is 40.2. The lowest BCUT2D eigenvalue weighted by molar-refractivity contribution is -0.0622. The second kappa shape index (κ2) is 16.3. The van der Waals surface area contributed by atoms with Crippen molar-refractivity contribution in [3.8, 4) is 28.3 Å². The standard InChI is InChI=1S/C44H34N4O10/c1-53-30-21-19-26(20-22-30)32-24-31(33-18-11-23-54-33)35-38(45)47-44(52)48(39(35)46-32)40-37(58-43(51)29-16-9-4-10-17-29)36(57-42(50)28-14-7-3-8-15-28)34(56-40)25-55-41(49)27-12-5-2-6-13-27/h2-24,34,36-37,40H,25H2,1H3,(H2,45,47,52)/t34-,36-,37-,40-/m1/s1. The lowest BCUT2D eigenvalue weighted by Gasteiger charge is -2.26. The van der Waals surface area contributed by atoms with Crippen LogP contribution in [0.4, 0.5) is 5.82 Å². The number of carbonyl (C=O) groups excluding carboxylic acids is 3. The predicted molar refractivity (Wildman–Crippen MR) is 210 cm³/mol. The molecule has 2 N–H and O–H groups in total. The number of ether oxygens (including phenoxy) is 5. The molecule has 0 saturated carbocycles. The highest BCUT2D eigenvalue weighted by molar-refractivity contribution is 6.00. The van der Waals surface area contributed by atoms with E-state index < -0.39 is 54.7 Å². The summed E-state index contributed by atoms with van der Waals surface area (Å²) in [5.41, 5.74) is 7.65. The number of furan rings is 1. The average molecular weight is 779 g/mol. The summed E-state index contributed by atoms with van der Waals surface area (Å²) < 4.78 is 36.7. The summed E-state index contributed by atoms with van der Waals surface area (Å²) in [6.07, 6.45) is -4.34. The number of nitrogens with two attached hydrogens (primary N) is 1. The van der Waals surface area contributed by atoms with Crippen molar-refractivity contribution in [3.05, 3.63) is 167 Å². The summed E-state index contributed by atoms with van der Waals surface area (Å²) in [4.78, 5) is 64.2. The molecule has 0 spiro atoms. The molecule has 4 atom stereocenters. The lowest BCUT2D eigenvalue weighted by atomic mass is 10.0. The van der Waals surface area contributed by atoms with Crippen LogP contribution in [0.1, 0.15) is 37.3 Å². The second-order valence-electron chi connectivity index (χ2n) is 13.1. The Labute approximate surface area is 330 Å². The quantitative estimate of drug-likeness (QED) is 0.111. The first-order chi connectivity index (χ1) is 28.3. The Balaban J connectivity index is 1.30. The van der Waals surface area contributed by atoms with Crippen molar-refractivity contribution < 1.29 is 42.5 Å². The SMILES string of the molecule is COc1ccc(-c2cc(-c3ccco3)c3c(N)nc(=O)n([C@@H]4O[C@H](COC(=O)c5ccccc5)[C@@H](OC(=O)c5ccccc5)[C@H]4OC(=O)c4ccccc4)c3n2)cc1. The number of hydrogen-bond donors (Lipinski definition) is 1. The van der Waals surface area contributed by atoms with Gasteiger partial charge in [0.2, 0.25) is 0 Å². The summed E-state index contributed by atoms with van der Waals surface area (Å²) in [6, 6.07) is 36.8. The molecule has 4 aromatic carbocycles. The molecule has 1 fully saturated rings. The number of hydrogen-bond acceptors (Lipinski definition) is 13. The van der Waals surface area contributed by atoms with Crippen LogP contribution in [0.5, 0.6) is 5.75 Å². The van der Waals surface area contributed by atoms with E-state index in [0.29, 0.717) is 28.3 Å². The van der Waals surface area contributed by atoms with Gasteiger partial charge in [-0.2, -0.15) is 4.98 Å². The van der Waals surface area contributed by atoms with Crippen LogP contribution < -0.4 is 16.2 Å². The van der Waals surface area contributed by atoms with E-state index in [2.05, 4.69) is 4.98 Å². The number of carbonyl (C=O) groups is 3. The molecule has 14 heteroatoms. The molecular weight excluding hydrogens is 745 g/mol. The third-order valence-corrected chi connectivity index (χ3v) is 9.51. The van der Waals surface area contributed by atoms with Crippen LogP contribution in [0, 0.1) is 0 Å². The highest BCUT2D eigenvalue weighted by Crippen LogP contribution is 2.40. The van der Waals surface area contributed by atoms with Gasteiger partial charge in [-0.3, -0.25) is 0 Å². The van der Waals surface area contributed by atoms with E-state index in [1.165, 1.54) is 6.26 Å². The van der Waals surface area contributed by atoms with Crippen molar-refractivity contribution in [2.75, 3.05) is 19.5 Å². The first-order valence-corrected chi connectivity index (χ1v) is 18.1. The number of esters is 3. The molecule has 58 heavy (non-hydrogen) atoms. The normalized spacial score (nSPS) is 17.4. The zero-order valence-corrected chi connectivity index (χ0v) is 30.8. The Morgan fingerprint density at radius 3 is 1.88 bits per heavy atom. The van der Waals surface area contributed by atoms with Gasteiger partial charge in [-0.25, -0.2) is 28.7 Å². The molecule has 290 valence electrons. The molecule has 1 aliphatic heterocycles. The number of anilines is 1. The van der Waals surface area contributed by atoms with E-state index in [0.717, 1.165) is 4.57 Å². The zero-order valence-electron chi connectivity index (χ0n) is 30.8. The van der Waals surface area contributed by atoms with Gasteiger partial charge in [0.1, 0.15) is 30.0 Å². The minimum atomic E-state index is -1.56. The molecule has 1 aliphatic rings. The van der Waals surface area contributed by atoms with Crippen LogP contribution in [-0.4, -0.2) is 64.5 Å². The molecule has 3 aromatic heterocycles. The Morgan fingerprint density at radius 1 is 0.724 bits per heavy atom. The summed E-state index contributed by atoms with van der Waals surface area (Å²) in [6.45, 7) is -0.479. The van der Waals surface area contributed by atoms with Crippen molar-refractivity contribution in [1.82, 2.24) is 14.5 Å². The van der Waals surface area contributed by atoms with Gasteiger partial charge in [-0.15, -0.1) is 0 Å². The van der Waals surface area contributed by atoms with Crippen molar-refractivity contribution in [2.24, 2.45) is 0 Å². The summed E-state index contributed by atoms with van der Waals surface area (Å²) in [5.74, 6) is -1.45. The molecule has 0 unspecified atom stereocenters. The number of nitrogens with zero attached hydrogens (tertiary/aromatic N) is 3. The maximum Gasteiger partial charge on any atom is 0.353 e. The number of benzene rings is 4. The largest absolute Gasteiger partial charge is 0.497 e. The fraction of sp³-hybridized carbons (Fsp3) is 0.136. The van der Waals surface area contributed by atoms with Crippen LogP contribution in [0.25, 0.3) is 33.6 Å². The fourth-order valence-electron chi connectivity index (χ4n) is 6.69. The van der Waals surface area contributed by atoms with Gasteiger partial charge in [-0.1, -0.05) is 54.6 Å².